The van der Waals surface area contributed by atoms with Gasteiger partial charge in [0.25, 0.3) is 5.91 Å². The van der Waals surface area contributed by atoms with Gasteiger partial charge in [-0.3, -0.25) is 9.69 Å². The van der Waals surface area contributed by atoms with Crippen LogP contribution in [-0.4, -0.2) is 56.0 Å². The molecule has 7 nitrogen and oxygen atoms in total. The van der Waals surface area contributed by atoms with Gasteiger partial charge in [-0.1, -0.05) is 38.0 Å². The Hall–Kier alpha value is -2.33. The van der Waals surface area contributed by atoms with Crippen LogP contribution in [0.4, 0.5) is 5.13 Å². The van der Waals surface area contributed by atoms with E-state index in [9.17, 15) is 13.2 Å². The topological polar surface area (TPSA) is 79.8 Å². The van der Waals surface area contributed by atoms with Gasteiger partial charge in [0, 0.05) is 25.3 Å². The molecule has 1 aromatic heterocycles. The van der Waals surface area contributed by atoms with Gasteiger partial charge in [0.1, 0.15) is 0 Å². The molecular weight excluding hydrogens is 518 g/mol. The number of anilines is 1. The van der Waals surface area contributed by atoms with E-state index in [4.69, 9.17) is 9.72 Å². The maximum absolute atomic E-state index is 13.8. The van der Waals surface area contributed by atoms with E-state index in [1.165, 1.54) is 16.9 Å². The second-order valence-electron chi connectivity index (χ2n) is 10.1. The molecule has 206 valence electrons. The van der Waals surface area contributed by atoms with Crippen LogP contribution in [0.1, 0.15) is 73.9 Å². The van der Waals surface area contributed by atoms with Crippen LogP contribution in [0.2, 0.25) is 0 Å². The third-order valence-corrected chi connectivity index (χ3v) is 10.1. The third-order valence-electron chi connectivity index (χ3n) is 7.14. The molecule has 0 N–H and O–H groups in total. The molecule has 0 aliphatic carbocycles. The van der Waals surface area contributed by atoms with Gasteiger partial charge in [0.05, 0.1) is 27.8 Å². The van der Waals surface area contributed by atoms with E-state index in [-0.39, 0.29) is 16.9 Å². The zero-order chi connectivity index (χ0) is 27.3. The standard InChI is InChI=1S/C29H39N3O4S2/c1-5-7-15-31(16-8-6-2)38(34,35)25-13-11-23(12-14-25)28(33)32(20-24-10-9-17-36-24)29-30-26-18-21(3)22(4)19-27(26)37-29/h11-14,18-19,24H,5-10,15-17,20H2,1-4H3. The molecule has 2 aromatic carbocycles. The summed E-state index contributed by atoms with van der Waals surface area (Å²) in [5.41, 5.74) is 3.66. The fraction of sp³-hybridized carbons (Fsp3) is 0.517. The number of rotatable bonds is 12. The second-order valence-corrected chi connectivity index (χ2v) is 13.0. The summed E-state index contributed by atoms with van der Waals surface area (Å²) in [6.07, 6.45) is 5.32. The normalized spacial score (nSPS) is 16.0. The second kappa shape index (κ2) is 12.7. The first-order valence-electron chi connectivity index (χ1n) is 13.7. The number of unbranched alkanes of at least 4 members (excludes halogenated alkanes) is 2. The Bertz CT molecular complexity index is 1300. The molecule has 0 radical (unpaired) electrons. The van der Waals surface area contributed by atoms with Crippen molar-refractivity contribution >= 4 is 42.6 Å². The van der Waals surface area contributed by atoms with Crippen molar-refractivity contribution in [1.82, 2.24) is 9.29 Å². The number of aromatic nitrogens is 1. The van der Waals surface area contributed by atoms with Crippen molar-refractivity contribution in [1.29, 1.82) is 0 Å². The number of amides is 1. The number of ether oxygens (including phenoxy) is 1. The van der Waals surface area contributed by atoms with E-state index >= 15 is 0 Å². The lowest BCUT2D eigenvalue weighted by Crippen LogP contribution is -2.37. The average molecular weight is 558 g/mol. The Kier molecular flexibility index (Phi) is 9.57. The van der Waals surface area contributed by atoms with E-state index in [1.54, 1.807) is 33.5 Å². The molecule has 9 heteroatoms. The Morgan fingerprint density at radius 2 is 1.71 bits per heavy atom. The van der Waals surface area contributed by atoms with Crippen LogP contribution in [0.25, 0.3) is 10.2 Å². The highest BCUT2D eigenvalue weighted by Gasteiger charge is 2.28. The first-order valence-corrected chi connectivity index (χ1v) is 15.9. The highest BCUT2D eigenvalue weighted by Crippen LogP contribution is 2.32. The molecule has 3 aromatic rings. The number of hydrogen-bond donors (Lipinski definition) is 0. The van der Waals surface area contributed by atoms with Crippen LogP contribution in [0.15, 0.2) is 41.3 Å². The summed E-state index contributed by atoms with van der Waals surface area (Å²) in [4.78, 5) is 20.5. The molecule has 2 heterocycles. The summed E-state index contributed by atoms with van der Waals surface area (Å²) in [5, 5.41) is 0.632. The molecule has 0 spiro atoms. The molecule has 1 unspecified atom stereocenters. The largest absolute Gasteiger partial charge is 0.376 e. The molecule has 0 bridgehead atoms. The number of carbonyl (C=O) groups is 1. The summed E-state index contributed by atoms with van der Waals surface area (Å²) in [7, 11) is -3.63. The van der Waals surface area contributed by atoms with Gasteiger partial charge < -0.3 is 4.74 Å². The Labute approximate surface area is 230 Å². The molecule has 38 heavy (non-hydrogen) atoms. The minimum atomic E-state index is -3.63. The fourth-order valence-corrected chi connectivity index (χ4v) is 7.19. The predicted molar refractivity (Wildman–Crippen MR) is 155 cm³/mol. The maximum Gasteiger partial charge on any atom is 0.260 e. The number of sulfonamides is 1. The molecule has 4 rings (SSSR count). The van der Waals surface area contributed by atoms with Crippen LogP contribution >= 0.6 is 11.3 Å². The maximum atomic E-state index is 13.8. The van der Waals surface area contributed by atoms with Crippen LogP contribution < -0.4 is 4.90 Å². The lowest BCUT2D eigenvalue weighted by atomic mass is 10.1. The average Bonchev–Trinajstić information content (AvgIpc) is 3.57. The van der Waals surface area contributed by atoms with Crippen molar-refractivity contribution in [3.8, 4) is 0 Å². The molecule has 0 saturated carbocycles. The highest BCUT2D eigenvalue weighted by molar-refractivity contribution is 7.89. The number of aryl methyl sites for hydroxylation is 2. The van der Waals surface area contributed by atoms with Gasteiger partial charge in [-0.2, -0.15) is 4.31 Å². The molecule has 1 fully saturated rings. The monoisotopic (exact) mass is 557 g/mol. The van der Waals surface area contributed by atoms with E-state index in [1.807, 2.05) is 0 Å². The van der Waals surface area contributed by atoms with Crippen molar-refractivity contribution in [2.75, 3.05) is 31.1 Å². The quantitative estimate of drug-likeness (QED) is 0.260. The van der Waals surface area contributed by atoms with Gasteiger partial charge in [-0.15, -0.1) is 0 Å². The molecule has 1 aliphatic rings. The van der Waals surface area contributed by atoms with Crippen LogP contribution in [0.5, 0.6) is 0 Å². The molecule has 1 amide bonds. The van der Waals surface area contributed by atoms with Crippen LogP contribution in [0, 0.1) is 13.8 Å². The minimum Gasteiger partial charge on any atom is -0.376 e. The van der Waals surface area contributed by atoms with Crippen LogP contribution in [0.3, 0.4) is 0 Å². The van der Waals surface area contributed by atoms with Crippen molar-refractivity contribution in [2.45, 2.75) is 77.2 Å². The van der Waals surface area contributed by atoms with Crippen molar-refractivity contribution in [3.05, 3.63) is 53.1 Å². The number of hydrogen-bond acceptors (Lipinski definition) is 6. The predicted octanol–water partition coefficient (Wildman–Crippen LogP) is 6.33. The van der Waals surface area contributed by atoms with E-state index in [0.717, 1.165) is 54.3 Å². The van der Waals surface area contributed by atoms with Gasteiger partial charge in [0.2, 0.25) is 10.0 Å². The lowest BCUT2D eigenvalue weighted by molar-refractivity contribution is 0.0917. The van der Waals surface area contributed by atoms with E-state index in [2.05, 4.69) is 39.8 Å². The number of nitrogens with zero attached hydrogens (tertiary/aromatic N) is 3. The van der Waals surface area contributed by atoms with Crippen molar-refractivity contribution in [3.63, 3.8) is 0 Å². The first-order chi connectivity index (χ1) is 18.2. The van der Waals surface area contributed by atoms with Crippen molar-refractivity contribution in [2.24, 2.45) is 0 Å². The Morgan fingerprint density at radius 1 is 1.05 bits per heavy atom. The third kappa shape index (κ3) is 6.45. The van der Waals surface area contributed by atoms with Gasteiger partial charge in [-0.25, -0.2) is 13.4 Å². The van der Waals surface area contributed by atoms with Gasteiger partial charge >= 0.3 is 0 Å². The zero-order valence-corrected chi connectivity index (χ0v) is 24.5. The van der Waals surface area contributed by atoms with E-state index in [0.29, 0.717) is 36.9 Å². The minimum absolute atomic E-state index is 0.0419. The smallest absolute Gasteiger partial charge is 0.260 e. The SMILES string of the molecule is CCCCN(CCCC)S(=O)(=O)c1ccc(C(=O)N(CC2CCCO2)c2nc3cc(C)c(C)cc3s2)cc1. The summed E-state index contributed by atoms with van der Waals surface area (Å²) in [6, 6.07) is 10.5. The number of thiazole rings is 1. The first kappa shape index (κ1) is 28.7. The number of fused-ring (bicyclic) bond motifs is 1. The summed E-state index contributed by atoms with van der Waals surface area (Å²) in [5.74, 6) is -0.203. The number of carbonyl (C=O) groups excluding carboxylic acids is 1. The zero-order valence-electron chi connectivity index (χ0n) is 22.9. The van der Waals surface area contributed by atoms with E-state index < -0.39 is 10.0 Å². The van der Waals surface area contributed by atoms with Gasteiger partial charge in [0.15, 0.2) is 5.13 Å². The number of benzene rings is 2. The highest BCUT2D eigenvalue weighted by atomic mass is 32.2. The Morgan fingerprint density at radius 3 is 2.32 bits per heavy atom. The molecule has 1 saturated heterocycles. The molecule has 1 atom stereocenters. The molecule has 1 aliphatic heterocycles. The summed E-state index contributed by atoms with van der Waals surface area (Å²) >= 11 is 1.50. The van der Waals surface area contributed by atoms with Crippen molar-refractivity contribution < 1.29 is 17.9 Å². The fourth-order valence-electron chi connectivity index (χ4n) is 4.62. The van der Waals surface area contributed by atoms with Crippen LogP contribution in [-0.2, 0) is 14.8 Å². The molecular formula is C29H39N3O4S2. The summed E-state index contributed by atoms with van der Waals surface area (Å²) in [6.45, 7) is 10.4. The Balaban J connectivity index is 1.62. The summed E-state index contributed by atoms with van der Waals surface area (Å²) < 4.78 is 35.2. The van der Waals surface area contributed by atoms with Gasteiger partial charge in [-0.05, 0) is 87.1 Å². The lowest BCUT2D eigenvalue weighted by Gasteiger charge is -2.24.